The Kier molecular flexibility index (Phi) is 6.13. The van der Waals surface area contributed by atoms with Crippen LogP contribution in [0.1, 0.15) is 22.6 Å². The summed E-state index contributed by atoms with van der Waals surface area (Å²) in [6.07, 6.45) is 1.97. The minimum absolute atomic E-state index is 0.125. The molecule has 0 bridgehead atoms. The van der Waals surface area contributed by atoms with Gasteiger partial charge >= 0.3 is 0 Å². The molecule has 0 saturated heterocycles. The Labute approximate surface area is 190 Å². The number of hydrogen-bond acceptors (Lipinski definition) is 6. The number of nitriles is 1. The second-order valence-corrected chi connectivity index (χ2v) is 7.40. The molecule has 0 unspecified atom stereocenters. The molecule has 0 fully saturated rings. The first kappa shape index (κ1) is 21.7. The van der Waals surface area contributed by atoms with E-state index in [0.717, 1.165) is 22.0 Å². The zero-order valence-corrected chi connectivity index (χ0v) is 18.2. The Morgan fingerprint density at radius 1 is 1.09 bits per heavy atom. The van der Waals surface area contributed by atoms with Gasteiger partial charge in [-0.05, 0) is 23.8 Å². The molecule has 0 aliphatic rings. The lowest BCUT2D eigenvalue weighted by molar-refractivity contribution is -0.384. The quantitative estimate of drug-likeness (QED) is 0.286. The first-order valence-electron chi connectivity index (χ1n) is 10.3. The third-order valence-corrected chi connectivity index (χ3v) is 5.64. The van der Waals surface area contributed by atoms with Gasteiger partial charge in [0.05, 0.1) is 30.4 Å². The summed E-state index contributed by atoms with van der Waals surface area (Å²) in [5.74, 6) is 1.07. The highest BCUT2D eigenvalue weighted by Gasteiger charge is 2.24. The zero-order chi connectivity index (χ0) is 23.4. The van der Waals surface area contributed by atoms with E-state index in [1.54, 1.807) is 20.3 Å². The molecule has 0 aliphatic carbocycles. The highest BCUT2D eigenvalue weighted by molar-refractivity contribution is 5.84. The summed E-state index contributed by atoms with van der Waals surface area (Å²) in [6, 6.07) is 20.0. The number of anilines is 1. The number of benzene rings is 3. The van der Waals surface area contributed by atoms with Gasteiger partial charge in [0.2, 0.25) is 0 Å². The number of methoxy groups -OCH3 is 2. The van der Waals surface area contributed by atoms with E-state index in [2.05, 4.69) is 10.3 Å². The molecule has 8 nitrogen and oxygen atoms in total. The second-order valence-electron chi connectivity index (χ2n) is 7.40. The number of H-pyrrole nitrogens is 1. The third kappa shape index (κ3) is 4.16. The highest BCUT2D eigenvalue weighted by Crippen LogP contribution is 2.40. The maximum absolute atomic E-state index is 11.1. The maximum Gasteiger partial charge on any atom is 0.270 e. The highest BCUT2D eigenvalue weighted by atomic mass is 16.6. The summed E-state index contributed by atoms with van der Waals surface area (Å²) in [4.78, 5) is 13.9. The first-order chi connectivity index (χ1) is 16.1. The van der Waals surface area contributed by atoms with Crippen molar-refractivity contribution in [3.63, 3.8) is 0 Å². The Bertz CT molecular complexity index is 1360. The largest absolute Gasteiger partial charge is 0.493 e. The smallest absolute Gasteiger partial charge is 0.270 e. The number of nitrogens with zero attached hydrogens (tertiary/aromatic N) is 2. The molecule has 4 aromatic rings. The van der Waals surface area contributed by atoms with E-state index in [9.17, 15) is 15.4 Å². The number of hydrogen-bond donors (Lipinski definition) is 2. The predicted molar refractivity (Wildman–Crippen MR) is 126 cm³/mol. The minimum atomic E-state index is -0.513. The molecular weight excluding hydrogens is 420 g/mol. The number of ether oxygens (including phenoxy) is 2. The zero-order valence-electron chi connectivity index (χ0n) is 18.2. The Balaban J connectivity index is 1.79. The van der Waals surface area contributed by atoms with Gasteiger partial charge in [0.1, 0.15) is 6.07 Å². The standard InChI is InChI=1S/C25H22N4O4/c1-32-24-9-5-7-19(25(24)33-2)21(20-14-28-23-8-4-3-6-18(20)23)15-27-22-11-10-17(29(30)31)12-16(22)13-26/h3-12,14,21,27-28H,15H2,1-2H3/t21-/m1/s1. The summed E-state index contributed by atoms with van der Waals surface area (Å²) in [5.41, 5.74) is 3.57. The van der Waals surface area contributed by atoms with Crippen molar-refractivity contribution < 1.29 is 14.4 Å². The van der Waals surface area contributed by atoms with Crippen molar-refractivity contribution in [3.8, 4) is 17.6 Å². The number of non-ortho nitro benzene ring substituents is 1. The second kappa shape index (κ2) is 9.32. The van der Waals surface area contributed by atoms with E-state index in [4.69, 9.17) is 9.47 Å². The Morgan fingerprint density at radius 3 is 2.64 bits per heavy atom. The van der Waals surface area contributed by atoms with Crippen LogP contribution in [0.5, 0.6) is 11.5 Å². The Hall–Kier alpha value is -4.51. The predicted octanol–water partition coefficient (Wildman–Crippen LogP) is 5.21. The van der Waals surface area contributed by atoms with Gasteiger partial charge < -0.3 is 19.8 Å². The lowest BCUT2D eigenvalue weighted by Crippen LogP contribution is -2.16. The van der Waals surface area contributed by atoms with Gasteiger partial charge in [0.15, 0.2) is 11.5 Å². The molecule has 1 atom stereocenters. The molecule has 0 radical (unpaired) electrons. The van der Waals surface area contributed by atoms with E-state index >= 15 is 0 Å². The molecule has 0 aliphatic heterocycles. The lowest BCUT2D eigenvalue weighted by Gasteiger charge is -2.22. The van der Waals surface area contributed by atoms with E-state index in [0.29, 0.717) is 23.7 Å². The average Bonchev–Trinajstić information content (AvgIpc) is 3.27. The summed E-state index contributed by atoms with van der Waals surface area (Å²) in [7, 11) is 3.20. The number of para-hydroxylation sites is 2. The van der Waals surface area contributed by atoms with Gasteiger partial charge in [0, 0.05) is 47.3 Å². The topological polar surface area (TPSA) is 113 Å². The molecule has 4 rings (SSSR count). The molecule has 0 saturated carbocycles. The molecular formula is C25H22N4O4. The van der Waals surface area contributed by atoms with Crippen molar-refractivity contribution in [1.29, 1.82) is 5.26 Å². The minimum Gasteiger partial charge on any atom is -0.493 e. The van der Waals surface area contributed by atoms with Crippen LogP contribution in [0.25, 0.3) is 10.9 Å². The maximum atomic E-state index is 11.1. The fourth-order valence-corrected chi connectivity index (χ4v) is 4.06. The molecule has 1 aromatic heterocycles. The number of nitro groups is 1. The average molecular weight is 442 g/mol. The Morgan fingerprint density at radius 2 is 1.91 bits per heavy atom. The van der Waals surface area contributed by atoms with Gasteiger partial charge in [-0.25, -0.2) is 0 Å². The van der Waals surface area contributed by atoms with Crippen LogP contribution in [0.15, 0.2) is 66.9 Å². The molecule has 0 spiro atoms. The van der Waals surface area contributed by atoms with Crippen LogP contribution in [0.4, 0.5) is 11.4 Å². The van der Waals surface area contributed by atoms with Gasteiger partial charge in [-0.3, -0.25) is 10.1 Å². The van der Waals surface area contributed by atoms with Crippen molar-refractivity contribution >= 4 is 22.3 Å². The van der Waals surface area contributed by atoms with Crippen LogP contribution in [-0.2, 0) is 0 Å². The van der Waals surface area contributed by atoms with Crippen LogP contribution < -0.4 is 14.8 Å². The normalized spacial score (nSPS) is 11.5. The molecule has 2 N–H and O–H groups in total. The van der Waals surface area contributed by atoms with Crippen LogP contribution in [-0.4, -0.2) is 30.7 Å². The molecule has 1 heterocycles. The summed E-state index contributed by atoms with van der Waals surface area (Å²) in [6.45, 7) is 0.415. The fraction of sp³-hybridized carbons (Fsp3) is 0.160. The van der Waals surface area contributed by atoms with Gasteiger partial charge in [-0.1, -0.05) is 30.3 Å². The van der Waals surface area contributed by atoms with E-state index in [1.807, 2.05) is 54.7 Å². The van der Waals surface area contributed by atoms with E-state index in [-0.39, 0.29) is 17.2 Å². The van der Waals surface area contributed by atoms with Crippen LogP contribution in [0.2, 0.25) is 0 Å². The van der Waals surface area contributed by atoms with Crippen molar-refractivity contribution in [1.82, 2.24) is 4.98 Å². The van der Waals surface area contributed by atoms with Crippen LogP contribution >= 0.6 is 0 Å². The summed E-state index contributed by atoms with van der Waals surface area (Å²) in [5, 5.41) is 25.0. The van der Waals surface area contributed by atoms with Gasteiger partial charge in [-0.15, -0.1) is 0 Å². The van der Waals surface area contributed by atoms with Gasteiger partial charge in [-0.2, -0.15) is 5.26 Å². The van der Waals surface area contributed by atoms with Crippen LogP contribution in [0, 0.1) is 21.4 Å². The molecule has 33 heavy (non-hydrogen) atoms. The molecule has 3 aromatic carbocycles. The molecule has 166 valence electrons. The number of fused-ring (bicyclic) bond motifs is 1. The monoisotopic (exact) mass is 442 g/mol. The van der Waals surface area contributed by atoms with Crippen LogP contribution in [0.3, 0.4) is 0 Å². The summed E-state index contributed by atoms with van der Waals surface area (Å²) >= 11 is 0. The molecule has 8 heteroatoms. The van der Waals surface area contributed by atoms with E-state index in [1.165, 1.54) is 12.1 Å². The van der Waals surface area contributed by atoms with Crippen molar-refractivity contribution in [2.75, 3.05) is 26.1 Å². The SMILES string of the molecule is COc1cccc([C@@H](CNc2ccc([N+](=O)[O-])cc2C#N)c2c[nH]c3ccccc23)c1OC. The summed E-state index contributed by atoms with van der Waals surface area (Å²) < 4.78 is 11.2. The number of nitrogens with one attached hydrogen (secondary N) is 2. The third-order valence-electron chi connectivity index (χ3n) is 5.64. The number of aromatic nitrogens is 1. The van der Waals surface area contributed by atoms with Gasteiger partial charge in [0.25, 0.3) is 5.69 Å². The number of rotatable bonds is 8. The molecule has 0 amide bonds. The first-order valence-corrected chi connectivity index (χ1v) is 10.3. The van der Waals surface area contributed by atoms with Crippen molar-refractivity contribution in [3.05, 3.63) is 93.7 Å². The van der Waals surface area contributed by atoms with Crippen molar-refractivity contribution in [2.45, 2.75) is 5.92 Å². The fourth-order valence-electron chi connectivity index (χ4n) is 4.06. The van der Waals surface area contributed by atoms with Crippen molar-refractivity contribution in [2.24, 2.45) is 0 Å². The lowest BCUT2D eigenvalue weighted by atomic mass is 9.89. The number of aromatic amines is 1. The number of nitro benzene ring substituents is 1. The van der Waals surface area contributed by atoms with E-state index < -0.39 is 4.92 Å².